The topological polar surface area (TPSA) is 106 Å². The zero-order chi connectivity index (χ0) is 22.7. The van der Waals surface area contributed by atoms with Gasteiger partial charge >= 0.3 is 0 Å². The van der Waals surface area contributed by atoms with E-state index in [4.69, 9.17) is 15.9 Å². The number of hydrogen-bond acceptors (Lipinski definition) is 7. The molecular formula is C25H30N4O3. The molecule has 2 aliphatic heterocycles. The molecule has 0 saturated carbocycles. The summed E-state index contributed by atoms with van der Waals surface area (Å²) in [5.41, 5.74) is 9.96. The minimum absolute atomic E-state index is 0.0875. The van der Waals surface area contributed by atoms with E-state index in [1.165, 1.54) is 40.7 Å². The van der Waals surface area contributed by atoms with Crippen molar-refractivity contribution in [1.82, 2.24) is 9.88 Å². The highest BCUT2D eigenvalue weighted by atomic mass is 16.3. The van der Waals surface area contributed by atoms with Crippen molar-refractivity contribution in [3.63, 3.8) is 0 Å². The van der Waals surface area contributed by atoms with E-state index in [0.717, 1.165) is 26.1 Å². The van der Waals surface area contributed by atoms with Crippen molar-refractivity contribution in [2.24, 2.45) is 5.73 Å². The number of anilines is 1. The van der Waals surface area contributed by atoms with Gasteiger partial charge in [0.25, 0.3) is 0 Å². The lowest BCUT2D eigenvalue weighted by Gasteiger charge is -2.41. The number of aliphatic hydroxyl groups excluding tert-OH is 1. The van der Waals surface area contributed by atoms with Crippen LogP contribution in [0.1, 0.15) is 34.4 Å². The summed E-state index contributed by atoms with van der Waals surface area (Å²) < 4.78 is 0. The molecule has 1 unspecified atom stereocenters. The highest BCUT2D eigenvalue weighted by molar-refractivity contribution is 5.56. The van der Waals surface area contributed by atoms with Gasteiger partial charge in [0.2, 0.25) is 0 Å². The molecule has 2 aliphatic rings. The molecule has 5 N–H and O–H groups in total. The molecule has 5 rings (SSSR count). The molecule has 0 amide bonds. The number of phenols is 2. The van der Waals surface area contributed by atoms with E-state index < -0.39 is 6.10 Å². The highest BCUT2D eigenvalue weighted by Gasteiger charge is 2.32. The smallest absolute Gasteiger partial charge is 0.157 e. The van der Waals surface area contributed by atoms with Crippen LogP contribution in [0.2, 0.25) is 0 Å². The quantitative estimate of drug-likeness (QED) is 0.459. The minimum Gasteiger partial charge on any atom is -0.504 e. The summed E-state index contributed by atoms with van der Waals surface area (Å²) in [6, 6.07) is 17.7. The van der Waals surface area contributed by atoms with E-state index in [0.29, 0.717) is 11.6 Å². The van der Waals surface area contributed by atoms with Gasteiger partial charge in [0, 0.05) is 38.8 Å². The Hall–Kier alpha value is -3.13. The number of likely N-dealkylation sites (N-methyl/N-ethyl adjacent to an activating group) is 1. The molecule has 7 nitrogen and oxygen atoms in total. The molecule has 32 heavy (non-hydrogen) atoms. The van der Waals surface area contributed by atoms with Crippen LogP contribution in [0.25, 0.3) is 0 Å². The van der Waals surface area contributed by atoms with Crippen LogP contribution >= 0.6 is 0 Å². The summed E-state index contributed by atoms with van der Waals surface area (Å²) in [5.74, 6) is 0.727. The summed E-state index contributed by atoms with van der Waals surface area (Å²) >= 11 is 0. The number of hydrogen-bond donors (Lipinski definition) is 4. The van der Waals surface area contributed by atoms with Gasteiger partial charge in [-0.1, -0.05) is 36.4 Å². The number of phenolic OH excluding ortho intramolecular Hbond substituents is 2. The van der Waals surface area contributed by atoms with Crippen LogP contribution in [0, 0.1) is 0 Å². The zero-order valence-electron chi connectivity index (χ0n) is 18.2. The average Bonchev–Trinajstić information content (AvgIpc) is 2.95. The lowest BCUT2D eigenvalue weighted by atomic mass is 9.96. The van der Waals surface area contributed by atoms with Crippen molar-refractivity contribution >= 4 is 5.82 Å². The number of fused-ring (bicyclic) bond motifs is 5. The van der Waals surface area contributed by atoms with Gasteiger partial charge in [0.15, 0.2) is 11.5 Å². The number of aromatic hydroxyl groups is 2. The van der Waals surface area contributed by atoms with Gasteiger partial charge in [-0.15, -0.1) is 0 Å². The zero-order valence-corrected chi connectivity index (χ0v) is 18.2. The van der Waals surface area contributed by atoms with Crippen molar-refractivity contribution in [1.29, 1.82) is 0 Å². The van der Waals surface area contributed by atoms with Crippen LogP contribution in [0.3, 0.4) is 0 Å². The Morgan fingerprint density at radius 3 is 2.59 bits per heavy atom. The van der Waals surface area contributed by atoms with E-state index in [2.05, 4.69) is 58.2 Å². The number of aliphatic hydroxyl groups is 1. The number of piperazine rings is 1. The van der Waals surface area contributed by atoms with E-state index >= 15 is 0 Å². The summed E-state index contributed by atoms with van der Waals surface area (Å²) in [4.78, 5) is 9.60. The van der Waals surface area contributed by atoms with Crippen LogP contribution in [-0.4, -0.2) is 58.4 Å². The Labute approximate surface area is 188 Å². The number of aromatic nitrogens is 1. The molecular weight excluding hydrogens is 404 g/mol. The fraction of sp³-hybridized carbons (Fsp3) is 0.320. The predicted octanol–water partition coefficient (Wildman–Crippen LogP) is 2.57. The summed E-state index contributed by atoms with van der Waals surface area (Å²) in [5, 5.41) is 27.2. The van der Waals surface area contributed by atoms with Crippen LogP contribution in [0.5, 0.6) is 11.5 Å². The Bertz CT molecular complexity index is 1070. The second kappa shape index (κ2) is 9.56. The largest absolute Gasteiger partial charge is 0.504 e. The van der Waals surface area contributed by atoms with Gasteiger partial charge < -0.3 is 30.9 Å². The van der Waals surface area contributed by atoms with Gasteiger partial charge in [-0.05, 0) is 47.5 Å². The van der Waals surface area contributed by atoms with E-state index in [9.17, 15) is 5.11 Å². The minimum atomic E-state index is -0.795. The van der Waals surface area contributed by atoms with Gasteiger partial charge in [0.05, 0.1) is 12.1 Å². The first-order valence-electron chi connectivity index (χ1n) is 10.8. The Morgan fingerprint density at radius 2 is 1.81 bits per heavy atom. The van der Waals surface area contributed by atoms with Gasteiger partial charge in [-0.25, -0.2) is 4.98 Å². The lowest BCUT2D eigenvalue weighted by Crippen LogP contribution is -2.47. The van der Waals surface area contributed by atoms with Crippen LogP contribution in [-0.2, 0) is 6.42 Å². The summed E-state index contributed by atoms with van der Waals surface area (Å²) in [6.07, 6.45) is 2.12. The lowest BCUT2D eigenvalue weighted by molar-refractivity contribution is 0.186. The fourth-order valence-corrected chi connectivity index (χ4v) is 4.38. The van der Waals surface area contributed by atoms with Crippen molar-refractivity contribution in [2.45, 2.75) is 18.6 Å². The molecule has 2 aromatic carbocycles. The number of nitrogens with two attached hydrogens (primary N) is 1. The highest BCUT2D eigenvalue weighted by Crippen LogP contribution is 2.37. The molecule has 0 spiro atoms. The molecule has 2 atom stereocenters. The predicted molar refractivity (Wildman–Crippen MR) is 125 cm³/mol. The molecule has 7 heteroatoms. The van der Waals surface area contributed by atoms with Crippen molar-refractivity contribution < 1.29 is 15.3 Å². The third-order valence-electron chi connectivity index (χ3n) is 6.13. The van der Waals surface area contributed by atoms with E-state index in [-0.39, 0.29) is 18.0 Å². The van der Waals surface area contributed by atoms with Gasteiger partial charge in [-0.3, -0.25) is 0 Å². The maximum absolute atomic E-state index is 9.23. The van der Waals surface area contributed by atoms with Crippen molar-refractivity contribution in [2.75, 3.05) is 38.1 Å². The summed E-state index contributed by atoms with van der Waals surface area (Å²) in [7, 11) is 2.21. The number of nitrogens with zero attached hydrogens (tertiary/aromatic N) is 3. The third-order valence-corrected chi connectivity index (χ3v) is 6.13. The molecule has 0 aliphatic carbocycles. The monoisotopic (exact) mass is 434 g/mol. The Morgan fingerprint density at radius 1 is 1.03 bits per heavy atom. The Balaban J connectivity index is 0.000000176. The van der Waals surface area contributed by atoms with E-state index in [1.807, 2.05) is 6.20 Å². The first kappa shape index (κ1) is 22.1. The maximum atomic E-state index is 9.23. The van der Waals surface area contributed by atoms with Crippen molar-refractivity contribution in [3.8, 4) is 11.5 Å². The molecule has 1 aromatic heterocycles. The number of benzene rings is 2. The molecule has 1 saturated heterocycles. The van der Waals surface area contributed by atoms with Crippen LogP contribution in [0.4, 0.5) is 5.82 Å². The van der Waals surface area contributed by atoms with Crippen LogP contribution in [0.15, 0.2) is 60.8 Å². The van der Waals surface area contributed by atoms with Crippen LogP contribution < -0.4 is 10.6 Å². The third kappa shape index (κ3) is 4.55. The standard InChI is InChI=1S/C17H19N3.C8H11NO3/c1-19-9-10-20-16(12-19)15-7-3-2-5-13(15)11-14-6-4-8-18-17(14)20;9-4-8(12)5-1-2-6(10)7(11)3-5/h2-8,16H,9-12H2,1H3;1-3,8,10-12H,4,9H2/t;8-/m.0/s1. The summed E-state index contributed by atoms with van der Waals surface area (Å²) in [6.45, 7) is 3.32. The molecule has 3 aromatic rings. The second-order valence-electron chi connectivity index (χ2n) is 8.33. The fourth-order valence-electron chi connectivity index (χ4n) is 4.38. The molecule has 0 bridgehead atoms. The normalized spacial score (nSPS) is 18.3. The van der Waals surface area contributed by atoms with E-state index in [1.54, 1.807) is 0 Å². The molecule has 168 valence electrons. The van der Waals surface area contributed by atoms with Gasteiger partial charge in [0.1, 0.15) is 5.82 Å². The first-order chi connectivity index (χ1) is 15.5. The average molecular weight is 435 g/mol. The maximum Gasteiger partial charge on any atom is 0.157 e. The Kier molecular flexibility index (Phi) is 6.60. The molecule has 3 heterocycles. The van der Waals surface area contributed by atoms with Crippen molar-refractivity contribution in [3.05, 3.63) is 83.0 Å². The molecule has 0 radical (unpaired) electrons. The molecule has 1 fully saturated rings. The number of pyridine rings is 1. The second-order valence-corrected chi connectivity index (χ2v) is 8.33. The van der Waals surface area contributed by atoms with Gasteiger partial charge in [-0.2, -0.15) is 0 Å². The first-order valence-corrected chi connectivity index (χ1v) is 10.8. The number of rotatable bonds is 2. The SMILES string of the molecule is CN1CCN2c3ncccc3Cc3ccccc3C2C1.NC[C@H](O)c1ccc(O)c(O)c1.